The average molecular weight is 373 g/mol. The molecule has 21 heavy (non-hydrogen) atoms. The van der Waals surface area contributed by atoms with E-state index in [2.05, 4.69) is 0 Å². The van der Waals surface area contributed by atoms with Crippen molar-refractivity contribution in [2.45, 2.75) is 39.8 Å². The van der Waals surface area contributed by atoms with Gasteiger partial charge in [0, 0.05) is 11.8 Å². The summed E-state index contributed by atoms with van der Waals surface area (Å²) in [5, 5.41) is 3.34. The van der Waals surface area contributed by atoms with Gasteiger partial charge in [-0.3, -0.25) is 4.90 Å². The summed E-state index contributed by atoms with van der Waals surface area (Å²) in [6, 6.07) is -0.0124. The van der Waals surface area contributed by atoms with E-state index < -0.39 is 10.9 Å². The van der Waals surface area contributed by atoms with E-state index in [1.54, 1.807) is 4.90 Å². The van der Waals surface area contributed by atoms with Crippen LogP contribution in [0.1, 0.15) is 27.7 Å². The third kappa shape index (κ3) is 5.44. The van der Waals surface area contributed by atoms with E-state index in [9.17, 15) is 4.79 Å². The highest BCUT2D eigenvalue weighted by atomic mass is 35.5. The van der Waals surface area contributed by atoms with Gasteiger partial charge in [-0.25, -0.2) is 4.79 Å². The number of ether oxygens (including phenoxy) is 1. The van der Waals surface area contributed by atoms with Crippen LogP contribution in [-0.2, 0) is 4.74 Å². The van der Waals surface area contributed by atoms with Crippen LogP contribution in [0.3, 0.4) is 0 Å². The summed E-state index contributed by atoms with van der Waals surface area (Å²) in [6.07, 6.45) is 3.32. The molecule has 1 amide bonds. The van der Waals surface area contributed by atoms with Gasteiger partial charge in [0.15, 0.2) is 0 Å². The molecule has 0 aromatic rings. The number of thiol groups is 1. The first-order valence-corrected chi connectivity index (χ1v) is 9.31. The monoisotopic (exact) mass is 371 g/mol. The lowest BCUT2D eigenvalue weighted by Gasteiger charge is -2.32. The van der Waals surface area contributed by atoms with Crippen LogP contribution in [0.2, 0.25) is 0 Å². The first kappa shape index (κ1) is 18.8. The molecule has 0 spiro atoms. The van der Waals surface area contributed by atoms with E-state index in [0.29, 0.717) is 10.8 Å². The largest absolute Gasteiger partial charge is 0.446 e. The normalized spacial score (nSPS) is 18.9. The SMILES string of the molecule is CC(C)OC(=O)N(C1=CC=C[SH]1CC(Cl)=C(Cl)Cl)C(C)C. The van der Waals surface area contributed by atoms with Crippen molar-refractivity contribution >= 4 is 51.8 Å². The van der Waals surface area contributed by atoms with Gasteiger partial charge in [0.25, 0.3) is 0 Å². The predicted molar refractivity (Wildman–Crippen MR) is 94.3 cm³/mol. The molecule has 1 rings (SSSR count). The Kier molecular flexibility index (Phi) is 7.48. The molecule has 0 aliphatic carbocycles. The molecule has 0 fully saturated rings. The zero-order valence-electron chi connectivity index (χ0n) is 12.4. The summed E-state index contributed by atoms with van der Waals surface area (Å²) in [6.45, 7) is 7.54. The minimum Gasteiger partial charge on any atom is -0.446 e. The molecule has 0 aromatic heterocycles. The molecule has 7 heteroatoms. The molecule has 0 radical (unpaired) electrons. The maximum absolute atomic E-state index is 12.3. The van der Waals surface area contributed by atoms with Crippen LogP contribution < -0.4 is 0 Å². The third-order valence-corrected chi connectivity index (χ3v) is 5.92. The van der Waals surface area contributed by atoms with Crippen LogP contribution in [0.4, 0.5) is 4.79 Å². The Hall–Kier alpha value is -0.290. The van der Waals surface area contributed by atoms with Crippen LogP contribution >= 0.6 is 45.7 Å². The fraction of sp³-hybridized carbons (Fsp3) is 0.500. The summed E-state index contributed by atoms with van der Waals surface area (Å²) in [5.41, 5.74) is 0. The van der Waals surface area contributed by atoms with Gasteiger partial charge in [-0.2, -0.15) is 10.9 Å². The summed E-state index contributed by atoms with van der Waals surface area (Å²) in [5.74, 6) is 0.514. The fourth-order valence-corrected chi connectivity index (χ4v) is 4.54. The molecule has 120 valence electrons. The van der Waals surface area contributed by atoms with Gasteiger partial charge < -0.3 is 4.74 Å². The number of halogens is 3. The lowest BCUT2D eigenvalue weighted by atomic mass is 10.3. The second-order valence-corrected chi connectivity index (χ2v) is 8.47. The first-order valence-electron chi connectivity index (χ1n) is 6.58. The van der Waals surface area contributed by atoms with E-state index in [1.165, 1.54) is 0 Å². The van der Waals surface area contributed by atoms with E-state index in [-0.39, 0.29) is 22.7 Å². The smallest absolute Gasteiger partial charge is 0.415 e. The van der Waals surface area contributed by atoms with E-state index in [0.717, 1.165) is 5.03 Å². The molecular formula is C14H20Cl3NO2S. The van der Waals surface area contributed by atoms with E-state index >= 15 is 0 Å². The number of carbonyl (C=O) groups excluding carboxylic acids is 1. The van der Waals surface area contributed by atoms with Crippen LogP contribution in [0.15, 0.2) is 32.1 Å². The minimum absolute atomic E-state index is 0.0124. The van der Waals surface area contributed by atoms with Crippen molar-refractivity contribution in [2.24, 2.45) is 0 Å². The summed E-state index contributed by atoms with van der Waals surface area (Å²) >= 11 is 17.5. The van der Waals surface area contributed by atoms with Crippen molar-refractivity contribution < 1.29 is 9.53 Å². The highest BCUT2D eigenvalue weighted by Crippen LogP contribution is 2.46. The quantitative estimate of drug-likeness (QED) is 0.646. The highest BCUT2D eigenvalue weighted by Gasteiger charge is 2.28. The van der Waals surface area contributed by atoms with Crippen molar-refractivity contribution in [3.63, 3.8) is 0 Å². The maximum atomic E-state index is 12.3. The Morgan fingerprint density at radius 3 is 2.38 bits per heavy atom. The molecular weight excluding hydrogens is 353 g/mol. The molecule has 1 heterocycles. The number of allylic oxidation sites excluding steroid dienone is 2. The molecule has 1 unspecified atom stereocenters. The molecule has 1 atom stereocenters. The predicted octanol–water partition coefficient (Wildman–Crippen LogP) is 5.50. The molecule has 0 bridgehead atoms. The lowest BCUT2D eigenvalue weighted by Crippen LogP contribution is -2.37. The van der Waals surface area contributed by atoms with Crippen LogP contribution in [0.5, 0.6) is 0 Å². The van der Waals surface area contributed by atoms with Gasteiger partial charge >= 0.3 is 6.09 Å². The van der Waals surface area contributed by atoms with Crippen LogP contribution in [0.25, 0.3) is 0 Å². The number of rotatable bonds is 5. The number of amides is 1. The zero-order chi connectivity index (χ0) is 16.2. The van der Waals surface area contributed by atoms with E-state index in [4.69, 9.17) is 39.5 Å². The fourth-order valence-electron chi connectivity index (χ4n) is 1.79. The topological polar surface area (TPSA) is 29.5 Å². The lowest BCUT2D eigenvalue weighted by molar-refractivity contribution is 0.0816. The first-order chi connectivity index (χ1) is 9.73. The molecule has 3 nitrogen and oxygen atoms in total. The zero-order valence-corrected chi connectivity index (χ0v) is 15.6. The Morgan fingerprint density at radius 2 is 1.90 bits per heavy atom. The summed E-state index contributed by atoms with van der Waals surface area (Å²) in [7, 11) is -0.763. The van der Waals surface area contributed by atoms with Crippen molar-refractivity contribution in [3.8, 4) is 0 Å². The molecule has 0 aromatic carbocycles. The third-order valence-electron chi connectivity index (χ3n) is 2.62. The molecule has 0 N–H and O–H groups in total. The molecule has 0 saturated heterocycles. The number of hydrogen-bond acceptors (Lipinski definition) is 2. The van der Waals surface area contributed by atoms with Gasteiger partial charge in [-0.1, -0.05) is 40.9 Å². The average Bonchev–Trinajstić information content (AvgIpc) is 2.75. The molecule has 1 aliphatic heterocycles. The summed E-state index contributed by atoms with van der Waals surface area (Å²) < 4.78 is 5.39. The number of nitrogens with zero attached hydrogens (tertiary/aromatic N) is 1. The standard InChI is InChI=1S/C14H20Cl3NO2S/c1-9(2)18(14(19)20-10(3)4)12-6-5-7-21(12)8-11(15)13(16)17/h5-7,9-10,21H,8H2,1-4H3. The van der Waals surface area contributed by atoms with Gasteiger partial charge in [0.2, 0.25) is 0 Å². The Bertz CT molecular complexity index is 483. The second-order valence-electron chi connectivity index (χ2n) is 5.06. The van der Waals surface area contributed by atoms with Crippen molar-refractivity contribution in [1.82, 2.24) is 4.90 Å². The number of carbonyl (C=O) groups is 1. The van der Waals surface area contributed by atoms with E-state index in [1.807, 2.05) is 45.3 Å². The summed E-state index contributed by atoms with van der Waals surface area (Å²) in [4.78, 5) is 14.0. The van der Waals surface area contributed by atoms with Crippen molar-refractivity contribution in [1.29, 1.82) is 0 Å². The van der Waals surface area contributed by atoms with Gasteiger partial charge in [-0.05, 0) is 39.2 Å². The molecule has 1 aliphatic rings. The minimum atomic E-state index is -0.763. The van der Waals surface area contributed by atoms with Crippen LogP contribution in [0, 0.1) is 0 Å². The van der Waals surface area contributed by atoms with Crippen molar-refractivity contribution in [2.75, 3.05) is 5.75 Å². The Balaban J connectivity index is 2.93. The van der Waals surface area contributed by atoms with Crippen LogP contribution in [-0.4, -0.2) is 28.9 Å². The van der Waals surface area contributed by atoms with Gasteiger partial charge in [0.1, 0.15) is 4.49 Å². The maximum Gasteiger partial charge on any atom is 0.415 e. The van der Waals surface area contributed by atoms with Crippen molar-refractivity contribution in [3.05, 3.63) is 32.1 Å². The highest BCUT2D eigenvalue weighted by molar-refractivity contribution is 8.23. The Morgan fingerprint density at radius 1 is 1.29 bits per heavy atom. The Labute approximate surface area is 143 Å². The second kappa shape index (κ2) is 8.37. The van der Waals surface area contributed by atoms with Gasteiger partial charge in [-0.15, -0.1) is 0 Å². The molecule has 0 saturated carbocycles. The number of hydrogen-bond donors (Lipinski definition) is 1. The van der Waals surface area contributed by atoms with Gasteiger partial charge in [0.05, 0.1) is 16.2 Å².